The number of halogens is 1. The van der Waals surface area contributed by atoms with Gasteiger partial charge in [0.25, 0.3) is 0 Å². The molecule has 0 atom stereocenters. The van der Waals surface area contributed by atoms with Gasteiger partial charge < -0.3 is 4.74 Å². The van der Waals surface area contributed by atoms with Gasteiger partial charge in [-0.1, -0.05) is 23.2 Å². The third kappa shape index (κ3) is 2.86. The van der Waals surface area contributed by atoms with Gasteiger partial charge in [0, 0.05) is 5.02 Å². The predicted octanol–water partition coefficient (Wildman–Crippen LogP) is 4.25. The Labute approximate surface area is 105 Å². The highest BCUT2D eigenvalue weighted by Crippen LogP contribution is 2.26. The first kappa shape index (κ1) is 11.7. The summed E-state index contributed by atoms with van der Waals surface area (Å²) in [6, 6.07) is 12.5. The molecule has 0 aliphatic carbocycles. The molecule has 0 amide bonds. The number of hydrogen-bond donors (Lipinski definition) is 0. The Hall–Kier alpha value is -1.80. The zero-order valence-corrected chi connectivity index (χ0v) is 10.1. The van der Waals surface area contributed by atoms with Crippen LogP contribution in [-0.2, 0) is 0 Å². The molecule has 0 saturated carbocycles. The van der Waals surface area contributed by atoms with Crippen molar-refractivity contribution in [1.82, 2.24) is 0 Å². The van der Waals surface area contributed by atoms with E-state index in [9.17, 15) is 4.79 Å². The van der Waals surface area contributed by atoms with Crippen LogP contribution >= 0.6 is 11.6 Å². The minimum Gasteiger partial charge on any atom is -0.457 e. The number of hydrogen-bond acceptors (Lipinski definition) is 2. The number of ether oxygens (including phenoxy) is 1. The molecule has 0 spiro atoms. The van der Waals surface area contributed by atoms with Crippen molar-refractivity contribution in [2.24, 2.45) is 0 Å². The Morgan fingerprint density at radius 3 is 2.47 bits per heavy atom. The third-order valence-corrected chi connectivity index (χ3v) is 2.59. The lowest BCUT2D eigenvalue weighted by molar-refractivity contribution is 0.112. The summed E-state index contributed by atoms with van der Waals surface area (Å²) in [5, 5.41) is 0.650. The quantitative estimate of drug-likeness (QED) is 0.757. The summed E-state index contributed by atoms with van der Waals surface area (Å²) in [7, 11) is 0. The average molecular weight is 247 g/mol. The maximum atomic E-state index is 10.9. The summed E-state index contributed by atoms with van der Waals surface area (Å²) < 4.78 is 5.62. The zero-order valence-electron chi connectivity index (χ0n) is 9.31. The highest BCUT2D eigenvalue weighted by molar-refractivity contribution is 6.30. The van der Waals surface area contributed by atoms with Gasteiger partial charge in [0.1, 0.15) is 11.5 Å². The summed E-state index contributed by atoms with van der Waals surface area (Å²) >= 11 is 5.78. The van der Waals surface area contributed by atoms with E-state index < -0.39 is 0 Å². The molecule has 0 bridgehead atoms. The van der Waals surface area contributed by atoms with E-state index in [-0.39, 0.29) is 0 Å². The Bertz CT molecular complexity index is 532. The normalized spacial score (nSPS) is 10.0. The molecular weight excluding hydrogens is 236 g/mol. The van der Waals surface area contributed by atoms with E-state index in [4.69, 9.17) is 16.3 Å². The van der Waals surface area contributed by atoms with Gasteiger partial charge in [-0.05, 0) is 43.3 Å². The molecule has 0 fully saturated rings. The fourth-order valence-electron chi connectivity index (χ4n) is 1.48. The van der Waals surface area contributed by atoms with E-state index in [1.54, 1.807) is 36.4 Å². The second kappa shape index (κ2) is 5.02. The van der Waals surface area contributed by atoms with E-state index in [1.807, 2.05) is 13.0 Å². The fraction of sp³-hybridized carbons (Fsp3) is 0.0714. The Balaban J connectivity index is 2.29. The van der Waals surface area contributed by atoms with Crippen LogP contribution in [0.15, 0.2) is 42.5 Å². The first-order valence-corrected chi connectivity index (χ1v) is 5.56. The molecular formula is C14H11ClO2. The van der Waals surface area contributed by atoms with Crippen LogP contribution in [0.5, 0.6) is 11.5 Å². The number of rotatable bonds is 3. The second-order valence-corrected chi connectivity index (χ2v) is 4.15. The second-order valence-electron chi connectivity index (χ2n) is 3.72. The summed E-state index contributed by atoms with van der Waals surface area (Å²) in [5.41, 5.74) is 1.57. The van der Waals surface area contributed by atoms with Crippen LogP contribution in [0.1, 0.15) is 15.9 Å². The Morgan fingerprint density at radius 2 is 1.82 bits per heavy atom. The van der Waals surface area contributed by atoms with Gasteiger partial charge in [0.15, 0.2) is 6.29 Å². The van der Waals surface area contributed by atoms with Gasteiger partial charge in [-0.15, -0.1) is 0 Å². The van der Waals surface area contributed by atoms with Gasteiger partial charge in [-0.3, -0.25) is 4.79 Å². The smallest absolute Gasteiger partial charge is 0.153 e. The first-order chi connectivity index (χ1) is 8.19. The number of aryl methyl sites for hydroxylation is 1. The van der Waals surface area contributed by atoms with Crippen LogP contribution in [0, 0.1) is 6.92 Å². The van der Waals surface area contributed by atoms with Gasteiger partial charge in [0.2, 0.25) is 0 Å². The largest absolute Gasteiger partial charge is 0.457 e. The molecule has 3 heteroatoms. The highest BCUT2D eigenvalue weighted by atomic mass is 35.5. The van der Waals surface area contributed by atoms with Gasteiger partial charge in [-0.25, -0.2) is 0 Å². The van der Waals surface area contributed by atoms with Crippen molar-refractivity contribution in [3.8, 4) is 11.5 Å². The van der Waals surface area contributed by atoms with E-state index in [2.05, 4.69) is 0 Å². The molecule has 2 rings (SSSR count). The molecule has 2 aromatic rings. The third-order valence-electron chi connectivity index (χ3n) is 2.33. The van der Waals surface area contributed by atoms with Crippen molar-refractivity contribution in [2.75, 3.05) is 0 Å². The summed E-state index contributed by atoms with van der Waals surface area (Å²) in [4.78, 5) is 10.9. The van der Waals surface area contributed by atoms with Crippen LogP contribution in [0.25, 0.3) is 0 Å². The molecule has 2 nitrogen and oxygen atoms in total. The molecule has 0 aliphatic rings. The molecule has 2 aromatic carbocycles. The van der Waals surface area contributed by atoms with Crippen molar-refractivity contribution < 1.29 is 9.53 Å². The van der Waals surface area contributed by atoms with E-state index >= 15 is 0 Å². The van der Waals surface area contributed by atoms with Crippen LogP contribution in [0.2, 0.25) is 5.02 Å². The Morgan fingerprint density at radius 1 is 1.12 bits per heavy atom. The predicted molar refractivity (Wildman–Crippen MR) is 68.1 cm³/mol. The summed E-state index contributed by atoms with van der Waals surface area (Å²) in [6.45, 7) is 1.93. The SMILES string of the molecule is Cc1ccc(Oc2ccc(Cl)cc2)c(C=O)c1. The first-order valence-electron chi connectivity index (χ1n) is 5.18. The van der Waals surface area contributed by atoms with Crippen molar-refractivity contribution in [3.05, 3.63) is 58.6 Å². The van der Waals surface area contributed by atoms with Crippen LogP contribution in [-0.4, -0.2) is 6.29 Å². The summed E-state index contributed by atoms with van der Waals surface area (Å²) in [6.07, 6.45) is 0.790. The Kier molecular flexibility index (Phi) is 3.45. The van der Waals surface area contributed by atoms with E-state index in [1.165, 1.54) is 0 Å². The number of carbonyl (C=O) groups excluding carboxylic acids is 1. The van der Waals surface area contributed by atoms with Crippen LogP contribution in [0.4, 0.5) is 0 Å². The lowest BCUT2D eigenvalue weighted by Crippen LogP contribution is -1.91. The molecule has 0 unspecified atom stereocenters. The maximum Gasteiger partial charge on any atom is 0.153 e. The van der Waals surface area contributed by atoms with E-state index in [0.717, 1.165) is 11.8 Å². The lowest BCUT2D eigenvalue weighted by atomic mass is 10.1. The monoisotopic (exact) mass is 246 g/mol. The number of carbonyl (C=O) groups is 1. The van der Waals surface area contributed by atoms with Gasteiger partial charge in [0.05, 0.1) is 5.56 Å². The van der Waals surface area contributed by atoms with E-state index in [0.29, 0.717) is 22.1 Å². The molecule has 17 heavy (non-hydrogen) atoms. The highest BCUT2D eigenvalue weighted by Gasteiger charge is 2.04. The molecule has 0 aliphatic heterocycles. The molecule has 0 radical (unpaired) electrons. The standard InChI is InChI=1S/C14H11ClO2/c1-10-2-7-14(11(8-10)9-16)17-13-5-3-12(15)4-6-13/h2-9H,1H3. The minimum atomic E-state index is 0.542. The van der Waals surface area contributed by atoms with Gasteiger partial charge in [-0.2, -0.15) is 0 Å². The molecule has 0 N–H and O–H groups in total. The average Bonchev–Trinajstić information content (AvgIpc) is 2.34. The summed E-state index contributed by atoms with van der Waals surface area (Å²) in [5.74, 6) is 1.20. The van der Waals surface area contributed by atoms with Crippen molar-refractivity contribution in [1.29, 1.82) is 0 Å². The van der Waals surface area contributed by atoms with Crippen LogP contribution in [0.3, 0.4) is 0 Å². The minimum absolute atomic E-state index is 0.542. The molecule has 0 aromatic heterocycles. The van der Waals surface area contributed by atoms with Gasteiger partial charge >= 0.3 is 0 Å². The number of benzene rings is 2. The van der Waals surface area contributed by atoms with Crippen molar-refractivity contribution in [3.63, 3.8) is 0 Å². The topological polar surface area (TPSA) is 26.3 Å². The lowest BCUT2D eigenvalue weighted by Gasteiger charge is -2.08. The van der Waals surface area contributed by atoms with Crippen LogP contribution < -0.4 is 4.74 Å². The zero-order chi connectivity index (χ0) is 12.3. The number of aldehydes is 1. The molecule has 86 valence electrons. The maximum absolute atomic E-state index is 10.9. The molecule has 0 heterocycles. The molecule has 0 saturated heterocycles. The van der Waals surface area contributed by atoms with Crippen molar-refractivity contribution >= 4 is 17.9 Å². The fourth-order valence-corrected chi connectivity index (χ4v) is 1.61. The van der Waals surface area contributed by atoms with Crippen molar-refractivity contribution in [2.45, 2.75) is 6.92 Å².